The molecule has 0 N–H and O–H groups in total. The predicted octanol–water partition coefficient (Wildman–Crippen LogP) is 3.86. The molecule has 0 saturated heterocycles. The van der Waals surface area contributed by atoms with Gasteiger partial charge in [-0.2, -0.15) is 0 Å². The van der Waals surface area contributed by atoms with Crippen molar-refractivity contribution < 1.29 is 23.4 Å². The van der Waals surface area contributed by atoms with Crippen LogP contribution in [-0.4, -0.2) is 28.7 Å². The van der Waals surface area contributed by atoms with Gasteiger partial charge in [0.1, 0.15) is 11.8 Å². The van der Waals surface area contributed by atoms with E-state index in [4.69, 9.17) is 32.1 Å². The fourth-order valence-electron chi connectivity index (χ4n) is 1.96. The molecule has 0 aliphatic carbocycles. The van der Waals surface area contributed by atoms with Gasteiger partial charge in [-0.1, -0.05) is 11.6 Å². The van der Waals surface area contributed by atoms with Gasteiger partial charge in [-0.25, -0.2) is 14.0 Å². The summed E-state index contributed by atoms with van der Waals surface area (Å²) in [6.07, 6.45) is -0.382. The first kappa shape index (κ1) is 17.1. The fourth-order valence-corrected chi connectivity index (χ4v) is 4.28. The summed E-state index contributed by atoms with van der Waals surface area (Å²) in [7, 11) is 0. The molecule has 22 heavy (non-hydrogen) atoms. The topological polar surface area (TPSA) is 72.9 Å². The first-order chi connectivity index (χ1) is 10.1. The summed E-state index contributed by atoms with van der Waals surface area (Å²) in [5, 5.41) is 0.305. The van der Waals surface area contributed by atoms with Gasteiger partial charge in [-0.15, -0.1) is 0 Å². The van der Waals surface area contributed by atoms with Crippen LogP contribution in [0.1, 0.15) is 31.1 Å². The Labute approximate surface area is 137 Å². The minimum atomic E-state index is -4.04. The van der Waals surface area contributed by atoms with Crippen LogP contribution in [0.4, 0.5) is 0 Å². The van der Waals surface area contributed by atoms with E-state index in [9.17, 15) is 14.2 Å². The van der Waals surface area contributed by atoms with Crippen molar-refractivity contribution in [2.24, 2.45) is 0 Å². The average Bonchev–Trinajstić information content (AvgIpc) is 2.38. The van der Waals surface area contributed by atoms with E-state index < -0.39 is 24.8 Å². The molecular formula is C13H14Cl2NO5P. The Bertz CT molecular complexity index is 678. The van der Waals surface area contributed by atoms with Crippen LogP contribution < -0.4 is 4.52 Å². The van der Waals surface area contributed by atoms with Gasteiger partial charge < -0.3 is 9.26 Å². The summed E-state index contributed by atoms with van der Waals surface area (Å²) in [6, 6.07) is 3.09. The van der Waals surface area contributed by atoms with E-state index in [1.807, 2.05) is 0 Å². The zero-order valence-electron chi connectivity index (χ0n) is 12.1. The second-order valence-corrected chi connectivity index (χ2v) is 8.23. The van der Waals surface area contributed by atoms with Crippen LogP contribution in [0.3, 0.4) is 0 Å². The fraction of sp³-hybridized carbons (Fsp3) is 0.385. The summed E-state index contributed by atoms with van der Waals surface area (Å²) in [4.78, 5) is 24.5. The van der Waals surface area contributed by atoms with Gasteiger partial charge in [-0.3, -0.25) is 4.79 Å². The van der Waals surface area contributed by atoms with Crippen molar-refractivity contribution in [3.05, 3.63) is 28.8 Å². The quantitative estimate of drug-likeness (QED) is 0.600. The smallest absolute Gasteiger partial charge is 0.441 e. The van der Waals surface area contributed by atoms with E-state index in [2.05, 4.69) is 0 Å². The van der Waals surface area contributed by atoms with E-state index in [0.29, 0.717) is 9.69 Å². The lowest BCUT2D eigenvalue weighted by Crippen LogP contribution is -2.44. The normalized spacial score (nSPS) is 22.1. The Balaban J connectivity index is 2.41. The Morgan fingerprint density at radius 3 is 2.59 bits per heavy atom. The average molecular weight is 366 g/mol. The van der Waals surface area contributed by atoms with Crippen LogP contribution in [-0.2, 0) is 14.1 Å². The second kappa shape index (κ2) is 6.11. The maximum absolute atomic E-state index is 12.5. The largest absolute Gasteiger partial charge is 0.461 e. The first-order valence-corrected chi connectivity index (χ1v) is 9.33. The Kier molecular flexibility index (Phi) is 4.76. The van der Waals surface area contributed by atoms with Crippen LogP contribution >= 0.6 is 29.7 Å². The molecule has 1 aliphatic heterocycles. The molecule has 1 aromatic rings. The molecule has 1 aromatic carbocycles. The number of carbonyl (C=O) groups is 2. The number of rotatable bonds is 3. The number of halogens is 2. The van der Waals surface area contributed by atoms with Crippen molar-refractivity contribution in [2.45, 2.75) is 32.9 Å². The van der Waals surface area contributed by atoms with Gasteiger partial charge in [0.25, 0.3) is 5.91 Å². The number of ether oxygens (including phenoxy) is 1. The number of amides is 1. The van der Waals surface area contributed by atoms with Crippen LogP contribution in [0.5, 0.6) is 5.75 Å². The van der Waals surface area contributed by atoms with Gasteiger partial charge in [0, 0.05) is 16.3 Å². The van der Waals surface area contributed by atoms with Crippen LogP contribution in [0.25, 0.3) is 0 Å². The standard InChI is InChI=1S/C13H14Cl2NO5P/c1-7(2)20-13(18)8(3)16-12(17)10-6-9(14)4-5-11(10)21-22(16,15)19/h4-8H,1-3H3/t8-,22?/m0/s1. The van der Waals surface area contributed by atoms with Crippen molar-refractivity contribution in [3.8, 4) is 5.75 Å². The maximum atomic E-state index is 12.5. The number of benzene rings is 1. The molecule has 2 rings (SSSR count). The summed E-state index contributed by atoms with van der Waals surface area (Å²) in [6.45, 7) is 0.652. The van der Waals surface area contributed by atoms with Crippen molar-refractivity contribution in [1.29, 1.82) is 0 Å². The monoisotopic (exact) mass is 365 g/mol. The van der Waals surface area contributed by atoms with Gasteiger partial charge in [0.05, 0.1) is 11.7 Å². The molecule has 120 valence electrons. The first-order valence-electron chi connectivity index (χ1n) is 6.47. The molecule has 0 spiro atoms. The number of fused-ring (bicyclic) bond motifs is 1. The van der Waals surface area contributed by atoms with Gasteiger partial charge in [0.15, 0.2) is 0 Å². The van der Waals surface area contributed by atoms with Gasteiger partial charge >= 0.3 is 12.8 Å². The molecule has 1 unspecified atom stereocenters. The minimum absolute atomic E-state index is 0.0633. The maximum Gasteiger partial charge on any atom is 0.441 e. The number of carbonyl (C=O) groups excluding carboxylic acids is 2. The zero-order valence-corrected chi connectivity index (χ0v) is 14.5. The molecule has 1 aliphatic rings. The summed E-state index contributed by atoms with van der Waals surface area (Å²) in [5.74, 6) is -1.36. The highest BCUT2D eigenvalue weighted by Gasteiger charge is 2.47. The van der Waals surface area contributed by atoms with Crippen LogP contribution in [0.15, 0.2) is 18.2 Å². The third kappa shape index (κ3) is 3.24. The molecule has 0 fully saturated rings. The van der Waals surface area contributed by atoms with E-state index in [-0.39, 0.29) is 17.4 Å². The Morgan fingerprint density at radius 1 is 1.36 bits per heavy atom. The summed E-state index contributed by atoms with van der Waals surface area (Å²) >= 11 is 11.7. The van der Waals surface area contributed by atoms with Crippen molar-refractivity contribution >= 4 is 41.6 Å². The molecule has 9 heteroatoms. The minimum Gasteiger partial charge on any atom is -0.461 e. The van der Waals surface area contributed by atoms with E-state index in [1.54, 1.807) is 13.8 Å². The van der Waals surface area contributed by atoms with Crippen molar-refractivity contribution in [3.63, 3.8) is 0 Å². The van der Waals surface area contributed by atoms with Crippen LogP contribution in [0, 0.1) is 0 Å². The highest BCUT2D eigenvalue weighted by atomic mass is 35.7. The van der Waals surface area contributed by atoms with E-state index >= 15 is 0 Å². The second-order valence-electron chi connectivity index (χ2n) is 4.99. The molecule has 0 bridgehead atoms. The van der Waals surface area contributed by atoms with Gasteiger partial charge in [0.2, 0.25) is 0 Å². The molecule has 0 saturated carbocycles. The molecule has 6 nitrogen and oxygen atoms in total. The molecule has 1 amide bonds. The highest BCUT2D eigenvalue weighted by Crippen LogP contribution is 2.60. The number of hydrogen-bond donors (Lipinski definition) is 0. The number of esters is 1. The van der Waals surface area contributed by atoms with Crippen LogP contribution in [0.2, 0.25) is 5.02 Å². The molecule has 0 radical (unpaired) electrons. The lowest BCUT2D eigenvalue weighted by molar-refractivity contribution is -0.151. The highest BCUT2D eigenvalue weighted by molar-refractivity contribution is 7.84. The SMILES string of the molecule is CC(C)OC(=O)[C@H](C)N1C(=O)c2cc(Cl)ccc2OP1(=O)Cl. The molecule has 1 heterocycles. The number of nitrogens with zero attached hydrogens (tertiary/aromatic N) is 1. The number of hydrogen-bond acceptors (Lipinski definition) is 5. The predicted molar refractivity (Wildman–Crippen MR) is 82.4 cm³/mol. The van der Waals surface area contributed by atoms with E-state index in [0.717, 1.165) is 0 Å². The van der Waals surface area contributed by atoms with E-state index in [1.165, 1.54) is 25.1 Å². The molecule has 2 atom stereocenters. The Morgan fingerprint density at radius 2 is 2.00 bits per heavy atom. The Hall–Kier alpha value is -1.23. The van der Waals surface area contributed by atoms with Crippen molar-refractivity contribution in [2.75, 3.05) is 0 Å². The zero-order chi connectivity index (χ0) is 16.7. The third-order valence-electron chi connectivity index (χ3n) is 2.91. The lowest BCUT2D eigenvalue weighted by atomic mass is 10.1. The van der Waals surface area contributed by atoms with Crippen molar-refractivity contribution in [1.82, 2.24) is 4.67 Å². The van der Waals surface area contributed by atoms with Gasteiger partial charge in [-0.05, 0) is 39.0 Å². The lowest BCUT2D eigenvalue weighted by Gasteiger charge is -2.35. The summed E-state index contributed by atoms with van der Waals surface area (Å²) < 4.78 is 23.4. The summed E-state index contributed by atoms with van der Waals surface area (Å²) in [5.41, 5.74) is 0.0869. The molecular weight excluding hydrogens is 352 g/mol. The third-order valence-corrected chi connectivity index (χ3v) is 5.30. The molecule has 0 aromatic heterocycles.